The summed E-state index contributed by atoms with van der Waals surface area (Å²) in [4.78, 5) is 16.2. The second-order valence-corrected chi connectivity index (χ2v) is 5.79. The summed E-state index contributed by atoms with van der Waals surface area (Å²) in [6, 6.07) is 7.98. The number of hydrogen-bond donors (Lipinski definition) is 1. The van der Waals surface area contributed by atoms with Crippen molar-refractivity contribution in [2.24, 2.45) is 0 Å². The molecule has 1 N–H and O–H groups in total. The Bertz CT molecular complexity index is 808. The van der Waals surface area contributed by atoms with Gasteiger partial charge in [-0.2, -0.15) is 5.26 Å². The molecule has 1 fully saturated rings. The molecule has 1 saturated carbocycles. The number of aryl methyl sites for hydroxylation is 1. The summed E-state index contributed by atoms with van der Waals surface area (Å²) in [6.45, 7) is 4.10. The Labute approximate surface area is 135 Å². The van der Waals surface area contributed by atoms with Crippen LogP contribution in [0.25, 0.3) is 6.08 Å². The van der Waals surface area contributed by atoms with Gasteiger partial charge in [0, 0.05) is 35.5 Å². The maximum atomic E-state index is 12.3. The van der Waals surface area contributed by atoms with Crippen molar-refractivity contribution in [1.82, 2.24) is 9.55 Å². The maximum absolute atomic E-state index is 12.3. The predicted molar refractivity (Wildman–Crippen MR) is 88.6 cm³/mol. The van der Waals surface area contributed by atoms with Crippen LogP contribution in [0, 0.1) is 25.2 Å². The molecule has 3 rings (SSSR count). The first kappa shape index (κ1) is 15.0. The highest BCUT2D eigenvalue weighted by molar-refractivity contribution is 6.09. The van der Waals surface area contributed by atoms with E-state index in [4.69, 9.17) is 0 Å². The van der Waals surface area contributed by atoms with Crippen LogP contribution in [0.15, 0.2) is 36.2 Å². The van der Waals surface area contributed by atoms with E-state index in [0.717, 1.165) is 11.3 Å². The average Bonchev–Trinajstić information content (AvgIpc) is 3.32. The highest BCUT2D eigenvalue weighted by Crippen LogP contribution is 2.38. The fraction of sp³-hybridized carbons (Fsp3) is 0.278. The van der Waals surface area contributed by atoms with E-state index in [1.54, 1.807) is 30.6 Å². The molecule has 1 aliphatic carbocycles. The molecule has 2 aromatic heterocycles. The van der Waals surface area contributed by atoms with Gasteiger partial charge in [0.1, 0.15) is 11.6 Å². The second kappa shape index (κ2) is 6.09. The molecule has 0 spiro atoms. The Hall–Kier alpha value is -2.87. The number of nitriles is 1. The van der Waals surface area contributed by atoms with E-state index in [1.807, 2.05) is 19.1 Å². The van der Waals surface area contributed by atoms with Crippen LogP contribution in [-0.2, 0) is 4.79 Å². The summed E-state index contributed by atoms with van der Waals surface area (Å²) in [5.74, 6) is -0.407. The van der Waals surface area contributed by atoms with Crippen LogP contribution < -0.4 is 5.32 Å². The SMILES string of the molecule is Cc1cc(C=C(C#N)C(=O)Nc2ccncc2)c(C)n1C1CC1. The lowest BCUT2D eigenvalue weighted by atomic mass is 10.1. The first-order valence-corrected chi connectivity index (χ1v) is 7.61. The van der Waals surface area contributed by atoms with Gasteiger partial charge in [-0.3, -0.25) is 9.78 Å². The van der Waals surface area contributed by atoms with Crippen molar-refractivity contribution < 1.29 is 4.79 Å². The third kappa shape index (κ3) is 3.16. The third-order valence-corrected chi connectivity index (χ3v) is 4.04. The second-order valence-electron chi connectivity index (χ2n) is 5.79. The minimum Gasteiger partial charge on any atom is -0.346 e. The van der Waals surface area contributed by atoms with Crippen molar-refractivity contribution in [3.63, 3.8) is 0 Å². The molecular formula is C18H18N4O. The smallest absolute Gasteiger partial charge is 0.266 e. The van der Waals surface area contributed by atoms with Crippen molar-refractivity contribution >= 4 is 17.7 Å². The third-order valence-electron chi connectivity index (χ3n) is 4.04. The Morgan fingerprint density at radius 2 is 2.09 bits per heavy atom. The lowest BCUT2D eigenvalue weighted by Gasteiger charge is -2.07. The zero-order chi connectivity index (χ0) is 16.4. The molecule has 2 heterocycles. The number of anilines is 1. The van der Waals surface area contributed by atoms with Crippen molar-refractivity contribution in [3.05, 3.63) is 53.1 Å². The molecule has 5 heteroatoms. The zero-order valence-electron chi connectivity index (χ0n) is 13.2. The van der Waals surface area contributed by atoms with Gasteiger partial charge in [0.15, 0.2) is 0 Å². The lowest BCUT2D eigenvalue weighted by molar-refractivity contribution is -0.112. The quantitative estimate of drug-likeness (QED) is 0.695. The number of hydrogen-bond acceptors (Lipinski definition) is 3. The van der Waals surface area contributed by atoms with Crippen molar-refractivity contribution in [2.75, 3.05) is 5.32 Å². The summed E-state index contributed by atoms with van der Waals surface area (Å²) in [5, 5.41) is 12.0. The fourth-order valence-corrected chi connectivity index (χ4v) is 2.78. The Morgan fingerprint density at radius 3 is 2.70 bits per heavy atom. The number of amides is 1. The topological polar surface area (TPSA) is 70.7 Å². The summed E-state index contributed by atoms with van der Waals surface area (Å²) in [6.07, 6.45) is 7.25. The molecular weight excluding hydrogens is 288 g/mol. The Balaban J connectivity index is 1.86. The Morgan fingerprint density at radius 1 is 1.39 bits per heavy atom. The van der Waals surface area contributed by atoms with Gasteiger partial charge in [0.25, 0.3) is 5.91 Å². The zero-order valence-corrected chi connectivity index (χ0v) is 13.2. The van der Waals surface area contributed by atoms with E-state index >= 15 is 0 Å². The van der Waals surface area contributed by atoms with E-state index in [1.165, 1.54) is 18.5 Å². The molecule has 5 nitrogen and oxygen atoms in total. The van der Waals surface area contributed by atoms with Gasteiger partial charge in [0.2, 0.25) is 0 Å². The van der Waals surface area contributed by atoms with Gasteiger partial charge in [-0.15, -0.1) is 0 Å². The number of aromatic nitrogens is 2. The van der Waals surface area contributed by atoms with Gasteiger partial charge in [-0.25, -0.2) is 0 Å². The van der Waals surface area contributed by atoms with Crippen LogP contribution in [0.3, 0.4) is 0 Å². The number of nitrogens with zero attached hydrogens (tertiary/aromatic N) is 3. The van der Waals surface area contributed by atoms with Crippen molar-refractivity contribution in [3.8, 4) is 6.07 Å². The Kier molecular flexibility index (Phi) is 3.98. The minimum absolute atomic E-state index is 0.0952. The standard InChI is InChI=1S/C18H18N4O/c1-12-9-14(13(2)22(12)17-3-4-17)10-15(11-19)18(23)21-16-5-7-20-8-6-16/h5-10,17H,3-4H2,1-2H3,(H,20,21,23). The van der Waals surface area contributed by atoms with Crippen LogP contribution in [0.5, 0.6) is 0 Å². The first-order chi connectivity index (χ1) is 11.1. The molecule has 0 aromatic carbocycles. The van der Waals surface area contributed by atoms with Crippen molar-refractivity contribution in [1.29, 1.82) is 5.26 Å². The molecule has 0 radical (unpaired) electrons. The highest BCUT2D eigenvalue weighted by atomic mass is 16.1. The molecule has 23 heavy (non-hydrogen) atoms. The van der Waals surface area contributed by atoms with Gasteiger partial charge < -0.3 is 9.88 Å². The highest BCUT2D eigenvalue weighted by Gasteiger charge is 2.26. The molecule has 0 bridgehead atoms. The van der Waals surface area contributed by atoms with Gasteiger partial charge >= 0.3 is 0 Å². The predicted octanol–water partition coefficient (Wildman–Crippen LogP) is 3.38. The van der Waals surface area contributed by atoms with E-state index < -0.39 is 5.91 Å². The van der Waals surface area contributed by atoms with Gasteiger partial charge in [-0.1, -0.05) is 0 Å². The van der Waals surface area contributed by atoms with Crippen LogP contribution >= 0.6 is 0 Å². The minimum atomic E-state index is -0.407. The molecule has 116 valence electrons. The number of carbonyl (C=O) groups excluding carboxylic acids is 1. The lowest BCUT2D eigenvalue weighted by Crippen LogP contribution is -2.13. The van der Waals surface area contributed by atoms with Crippen LogP contribution in [-0.4, -0.2) is 15.5 Å². The summed E-state index contributed by atoms with van der Waals surface area (Å²) < 4.78 is 2.29. The molecule has 2 aromatic rings. The fourth-order valence-electron chi connectivity index (χ4n) is 2.78. The van der Waals surface area contributed by atoms with Crippen molar-refractivity contribution in [2.45, 2.75) is 32.7 Å². The van der Waals surface area contributed by atoms with E-state index in [9.17, 15) is 10.1 Å². The summed E-state index contributed by atoms with van der Waals surface area (Å²) in [5.41, 5.74) is 3.92. The summed E-state index contributed by atoms with van der Waals surface area (Å²) in [7, 11) is 0. The van der Waals surface area contributed by atoms with Crippen LogP contribution in [0.4, 0.5) is 5.69 Å². The number of carbonyl (C=O) groups is 1. The van der Waals surface area contributed by atoms with Gasteiger partial charge in [0.05, 0.1) is 0 Å². The number of pyridine rings is 1. The largest absolute Gasteiger partial charge is 0.346 e. The average molecular weight is 306 g/mol. The van der Waals surface area contributed by atoms with E-state index in [2.05, 4.69) is 21.8 Å². The van der Waals surface area contributed by atoms with E-state index in [0.29, 0.717) is 11.7 Å². The molecule has 0 saturated heterocycles. The first-order valence-electron chi connectivity index (χ1n) is 7.61. The number of rotatable bonds is 4. The molecule has 1 aliphatic rings. The van der Waals surface area contributed by atoms with Crippen LogP contribution in [0.2, 0.25) is 0 Å². The molecule has 1 amide bonds. The molecule has 0 aliphatic heterocycles. The maximum Gasteiger partial charge on any atom is 0.266 e. The van der Waals surface area contributed by atoms with Gasteiger partial charge in [-0.05, 0) is 56.5 Å². The molecule has 0 atom stereocenters. The van der Waals surface area contributed by atoms with Crippen LogP contribution in [0.1, 0.15) is 35.8 Å². The normalized spacial score (nSPS) is 14.4. The number of nitrogens with one attached hydrogen (secondary N) is 1. The molecule has 0 unspecified atom stereocenters. The monoisotopic (exact) mass is 306 g/mol. The van der Waals surface area contributed by atoms with E-state index in [-0.39, 0.29) is 5.57 Å². The summed E-state index contributed by atoms with van der Waals surface area (Å²) >= 11 is 0.